The lowest BCUT2D eigenvalue weighted by Crippen LogP contribution is -2.43. The van der Waals surface area contributed by atoms with Crippen LogP contribution in [0.15, 0.2) is 34.9 Å². The molecular weight excluding hydrogens is 385 g/mol. The highest BCUT2D eigenvalue weighted by Gasteiger charge is 2.28. The number of nitrogens with zero attached hydrogens (tertiary/aromatic N) is 4. The Morgan fingerprint density at radius 3 is 2.67 bits per heavy atom. The number of aromatic hydroxyl groups is 1. The van der Waals surface area contributed by atoms with Gasteiger partial charge in [0.05, 0.1) is 17.5 Å². The molecule has 30 heavy (non-hydrogen) atoms. The second-order valence-electron chi connectivity index (χ2n) is 8.10. The van der Waals surface area contributed by atoms with Gasteiger partial charge in [-0.3, -0.25) is 0 Å². The molecule has 2 aliphatic rings. The van der Waals surface area contributed by atoms with Crippen LogP contribution in [0.4, 0.5) is 10.2 Å². The van der Waals surface area contributed by atoms with Crippen molar-refractivity contribution in [3.63, 3.8) is 0 Å². The number of nitrogens with one attached hydrogen (secondary N) is 1. The number of halogens is 1. The normalized spacial score (nSPS) is 19.3. The molecule has 2 aromatic heterocycles. The van der Waals surface area contributed by atoms with Gasteiger partial charge in [-0.1, -0.05) is 6.42 Å². The van der Waals surface area contributed by atoms with Crippen LogP contribution in [0.2, 0.25) is 0 Å². The predicted octanol–water partition coefficient (Wildman–Crippen LogP) is 3.67. The van der Waals surface area contributed by atoms with Crippen LogP contribution in [0.5, 0.6) is 5.75 Å². The third-order valence-corrected chi connectivity index (χ3v) is 5.99. The summed E-state index contributed by atoms with van der Waals surface area (Å²) in [6, 6.07) is 7.38. The van der Waals surface area contributed by atoms with Gasteiger partial charge in [0, 0.05) is 37.7 Å². The molecule has 3 aromatic rings. The van der Waals surface area contributed by atoms with E-state index in [0.717, 1.165) is 25.3 Å². The predicted molar refractivity (Wildman–Crippen MR) is 111 cm³/mol. The highest BCUT2D eigenvalue weighted by molar-refractivity contribution is 5.73. The number of oxazole rings is 1. The molecule has 1 aliphatic carbocycles. The van der Waals surface area contributed by atoms with Crippen LogP contribution in [0, 0.1) is 12.7 Å². The van der Waals surface area contributed by atoms with Crippen LogP contribution < -0.4 is 10.2 Å². The number of aryl methyl sites for hydroxylation is 1. The van der Waals surface area contributed by atoms with E-state index in [2.05, 4.69) is 25.4 Å². The Kier molecular flexibility index (Phi) is 4.86. The molecule has 1 saturated heterocycles. The first-order valence-electron chi connectivity index (χ1n) is 10.4. The third-order valence-electron chi connectivity index (χ3n) is 5.99. The van der Waals surface area contributed by atoms with E-state index in [1.165, 1.54) is 37.6 Å². The lowest BCUT2D eigenvalue weighted by molar-refractivity contribution is 0.311. The summed E-state index contributed by atoms with van der Waals surface area (Å²) in [5.41, 5.74) is 0.861. The quantitative estimate of drug-likeness (QED) is 0.665. The van der Waals surface area contributed by atoms with Gasteiger partial charge in [0.15, 0.2) is 17.5 Å². The molecule has 0 amide bonds. The van der Waals surface area contributed by atoms with Crippen LogP contribution in [-0.4, -0.2) is 45.5 Å². The Morgan fingerprint density at radius 2 is 2.00 bits per heavy atom. The van der Waals surface area contributed by atoms with E-state index < -0.39 is 5.82 Å². The maximum Gasteiger partial charge on any atom is 0.191 e. The fraction of sp³-hybridized carbons (Fsp3) is 0.409. The lowest BCUT2D eigenvalue weighted by Gasteiger charge is -2.29. The van der Waals surface area contributed by atoms with Gasteiger partial charge in [-0.15, -0.1) is 10.2 Å². The summed E-state index contributed by atoms with van der Waals surface area (Å²) in [6.07, 6.45) is 6.41. The fourth-order valence-electron chi connectivity index (χ4n) is 4.09. The molecule has 156 valence electrons. The minimum absolute atomic E-state index is 0.0894. The molecule has 3 heterocycles. The number of aromatic nitrogens is 3. The van der Waals surface area contributed by atoms with Crippen molar-refractivity contribution < 1.29 is 13.9 Å². The van der Waals surface area contributed by atoms with Gasteiger partial charge in [-0.05, 0) is 43.5 Å². The molecule has 0 spiro atoms. The standard InChI is InChI=1S/C22H24FN5O2/c1-13-24-11-21(30-13)16-10-20(29)17(9-18(16)23)19-5-6-22(27-26-19)28-8-7-15(12-28)25-14-3-2-4-14/h5-6,9-11,14-15,25,29H,2-4,7-8,12H2,1H3/t15-/m1/s1. The molecule has 0 bridgehead atoms. The summed E-state index contributed by atoms with van der Waals surface area (Å²) >= 11 is 0. The fourth-order valence-corrected chi connectivity index (χ4v) is 4.09. The van der Waals surface area contributed by atoms with Crippen LogP contribution >= 0.6 is 0 Å². The number of hydrogen-bond acceptors (Lipinski definition) is 7. The van der Waals surface area contributed by atoms with Gasteiger partial charge in [0.1, 0.15) is 11.6 Å². The number of anilines is 1. The number of phenolic OH excluding ortho intramolecular Hbond substituents is 1. The SMILES string of the molecule is Cc1ncc(-c2cc(O)c(-c3ccc(N4CC[C@@H](NC5CCC5)C4)nn3)cc2F)o1. The molecule has 1 aromatic carbocycles. The summed E-state index contributed by atoms with van der Waals surface area (Å²) in [7, 11) is 0. The molecule has 1 atom stereocenters. The monoisotopic (exact) mass is 409 g/mol. The Balaban J connectivity index is 1.32. The number of hydrogen-bond donors (Lipinski definition) is 2. The Labute approximate surface area is 174 Å². The molecule has 2 N–H and O–H groups in total. The lowest BCUT2D eigenvalue weighted by atomic mass is 9.92. The van der Waals surface area contributed by atoms with Crippen molar-refractivity contribution in [2.45, 2.75) is 44.7 Å². The average molecular weight is 409 g/mol. The number of benzene rings is 1. The maximum atomic E-state index is 14.7. The molecule has 0 unspecified atom stereocenters. The molecule has 7 nitrogen and oxygen atoms in total. The van der Waals surface area contributed by atoms with E-state index in [-0.39, 0.29) is 22.6 Å². The Hall–Kier alpha value is -3.00. The number of phenols is 1. The highest BCUT2D eigenvalue weighted by Crippen LogP contribution is 2.35. The smallest absolute Gasteiger partial charge is 0.191 e. The van der Waals surface area contributed by atoms with E-state index in [1.54, 1.807) is 13.0 Å². The molecular formula is C22H24FN5O2. The Bertz CT molecular complexity index is 1050. The van der Waals surface area contributed by atoms with Crippen LogP contribution in [-0.2, 0) is 0 Å². The summed E-state index contributed by atoms with van der Waals surface area (Å²) in [4.78, 5) is 6.19. The number of rotatable bonds is 5. The Morgan fingerprint density at radius 1 is 1.13 bits per heavy atom. The summed E-state index contributed by atoms with van der Waals surface area (Å²) in [5.74, 6) is 0.891. The summed E-state index contributed by atoms with van der Waals surface area (Å²) < 4.78 is 20.0. The van der Waals surface area contributed by atoms with Crippen molar-refractivity contribution in [3.8, 4) is 28.3 Å². The van der Waals surface area contributed by atoms with Crippen molar-refractivity contribution in [3.05, 3.63) is 42.2 Å². The van der Waals surface area contributed by atoms with Crippen LogP contribution in [0.25, 0.3) is 22.6 Å². The summed E-state index contributed by atoms with van der Waals surface area (Å²) in [6.45, 7) is 3.53. The van der Waals surface area contributed by atoms with Gasteiger partial charge >= 0.3 is 0 Å². The first kappa shape index (κ1) is 19.0. The van der Waals surface area contributed by atoms with Gasteiger partial charge < -0.3 is 19.7 Å². The second kappa shape index (κ2) is 7.68. The van der Waals surface area contributed by atoms with Gasteiger partial charge in [-0.25, -0.2) is 9.37 Å². The zero-order chi connectivity index (χ0) is 20.7. The first-order valence-corrected chi connectivity index (χ1v) is 10.4. The zero-order valence-electron chi connectivity index (χ0n) is 16.8. The van der Waals surface area contributed by atoms with Gasteiger partial charge in [0.25, 0.3) is 0 Å². The van der Waals surface area contributed by atoms with Crippen molar-refractivity contribution in [2.75, 3.05) is 18.0 Å². The zero-order valence-corrected chi connectivity index (χ0v) is 16.8. The van der Waals surface area contributed by atoms with E-state index in [9.17, 15) is 9.50 Å². The first-order chi connectivity index (χ1) is 14.6. The molecule has 2 fully saturated rings. The minimum atomic E-state index is -0.519. The minimum Gasteiger partial charge on any atom is -0.507 e. The van der Waals surface area contributed by atoms with E-state index in [1.807, 2.05) is 6.07 Å². The summed E-state index contributed by atoms with van der Waals surface area (Å²) in [5, 5.41) is 22.7. The second-order valence-corrected chi connectivity index (χ2v) is 8.10. The highest BCUT2D eigenvalue weighted by atomic mass is 19.1. The molecule has 0 radical (unpaired) electrons. The van der Waals surface area contributed by atoms with E-state index in [4.69, 9.17) is 4.42 Å². The van der Waals surface area contributed by atoms with Crippen molar-refractivity contribution in [2.24, 2.45) is 0 Å². The molecule has 5 rings (SSSR count). The van der Waals surface area contributed by atoms with Gasteiger partial charge in [0.2, 0.25) is 0 Å². The van der Waals surface area contributed by atoms with Crippen LogP contribution in [0.1, 0.15) is 31.6 Å². The topological polar surface area (TPSA) is 87.3 Å². The largest absolute Gasteiger partial charge is 0.507 e. The van der Waals surface area contributed by atoms with Crippen molar-refractivity contribution in [1.29, 1.82) is 0 Å². The van der Waals surface area contributed by atoms with E-state index in [0.29, 0.717) is 23.7 Å². The van der Waals surface area contributed by atoms with Crippen molar-refractivity contribution in [1.82, 2.24) is 20.5 Å². The maximum absolute atomic E-state index is 14.7. The average Bonchev–Trinajstić information content (AvgIpc) is 3.35. The van der Waals surface area contributed by atoms with Crippen molar-refractivity contribution >= 4 is 5.82 Å². The van der Waals surface area contributed by atoms with Crippen LogP contribution in [0.3, 0.4) is 0 Å². The van der Waals surface area contributed by atoms with E-state index >= 15 is 0 Å². The third kappa shape index (κ3) is 3.63. The molecule has 1 saturated carbocycles. The van der Waals surface area contributed by atoms with Gasteiger partial charge in [-0.2, -0.15) is 0 Å². The molecule has 1 aliphatic heterocycles. The molecule has 8 heteroatoms.